The second-order valence-electron chi connectivity index (χ2n) is 5.51. The molecule has 124 valence electrons. The maximum atomic E-state index is 12.6. The molecule has 23 heavy (non-hydrogen) atoms. The number of ether oxygens (including phenoxy) is 1. The van der Waals surface area contributed by atoms with Gasteiger partial charge in [-0.25, -0.2) is 0 Å². The van der Waals surface area contributed by atoms with E-state index in [2.05, 4.69) is 5.32 Å². The van der Waals surface area contributed by atoms with Crippen LogP contribution in [0.15, 0.2) is 54.6 Å². The van der Waals surface area contributed by atoms with Gasteiger partial charge in [-0.05, 0) is 25.5 Å². The highest BCUT2D eigenvalue weighted by Gasteiger charge is 2.31. The lowest BCUT2D eigenvalue weighted by molar-refractivity contribution is -0.126. The second kappa shape index (κ2) is 7.99. The Kier molecular flexibility index (Phi) is 6.61. The molecule has 3 N–H and O–H groups in total. The van der Waals surface area contributed by atoms with Crippen molar-refractivity contribution in [2.45, 2.75) is 25.4 Å². The minimum absolute atomic E-state index is 0. The molecule has 1 amide bonds. The van der Waals surface area contributed by atoms with Gasteiger partial charge in [-0.2, -0.15) is 0 Å². The maximum Gasteiger partial charge on any atom is 0.244 e. The van der Waals surface area contributed by atoms with E-state index in [1.54, 1.807) is 14.0 Å². The van der Waals surface area contributed by atoms with E-state index in [1.807, 2.05) is 61.5 Å². The Morgan fingerprint density at radius 3 is 2.30 bits per heavy atom. The van der Waals surface area contributed by atoms with Gasteiger partial charge in [0.15, 0.2) is 0 Å². The van der Waals surface area contributed by atoms with Crippen molar-refractivity contribution in [1.82, 2.24) is 5.32 Å². The number of benzene rings is 2. The Morgan fingerprint density at radius 2 is 1.70 bits per heavy atom. The van der Waals surface area contributed by atoms with Crippen molar-refractivity contribution >= 4 is 18.3 Å². The van der Waals surface area contributed by atoms with E-state index in [4.69, 9.17) is 10.5 Å². The molecular formula is C18H23ClN2O2. The summed E-state index contributed by atoms with van der Waals surface area (Å²) in [4.78, 5) is 12.6. The van der Waals surface area contributed by atoms with Gasteiger partial charge in [0.25, 0.3) is 0 Å². The standard InChI is InChI=1S/C18H22N2O2.ClH/c1-13(15-11-7-8-12-16(15)22-3)20-17(21)18(2,19)14-9-5-4-6-10-14;/h4-13H,19H2,1-3H3,(H,20,21);1H. The number of para-hydroxylation sites is 1. The highest BCUT2D eigenvalue weighted by molar-refractivity contribution is 5.87. The molecule has 0 aliphatic rings. The second-order valence-corrected chi connectivity index (χ2v) is 5.51. The number of amides is 1. The van der Waals surface area contributed by atoms with Crippen LogP contribution in [0.2, 0.25) is 0 Å². The van der Waals surface area contributed by atoms with E-state index in [0.29, 0.717) is 0 Å². The first-order valence-corrected chi connectivity index (χ1v) is 7.25. The average Bonchev–Trinajstić information content (AvgIpc) is 2.55. The molecule has 4 nitrogen and oxygen atoms in total. The van der Waals surface area contributed by atoms with Crippen molar-refractivity contribution in [3.05, 3.63) is 65.7 Å². The highest BCUT2D eigenvalue weighted by Crippen LogP contribution is 2.26. The first-order valence-electron chi connectivity index (χ1n) is 7.25. The summed E-state index contributed by atoms with van der Waals surface area (Å²) in [5, 5.41) is 2.97. The molecule has 0 aliphatic carbocycles. The van der Waals surface area contributed by atoms with Crippen LogP contribution < -0.4 is 15.8 Å². The minimum atomic E-state index is -1.09. The van der Waals surface area contributed by atoms with E-state index < -0.39 is 5.54 Å². The predicted molar refractivity (Wildman–Crippen MR) is 94.8 cm³/mol. The molecule has 0 aromatic heterocycles. The third-order valence-electron chi connectivity index (χ3n) is 3.80. The fourth-order valence-electron chi connectivity index (χ4n) is 2.36. The van der Waals surface area contributed by atoms with Crippen LogP contribution in [0, 0.1) is 0 Å². The third-order valence-corrected chi connectivity index (χ3v) is 3.80. The summed E-state index contributed by atoms with van der Waals surface area (Å²) in [7, 11) is 1.62. The molecule has 0 heterocycles. The van der Waals surface area contributed by atoms with Gasteiger partial charge >= 0.3 is 0 Å². The zero-order valence-corrected chi connectivity index (χ0v) is 14.4. The fourth-order valence-corrected chi connectivity index (χ4v) is 2.36. The number of nitrogens with two attached hydrogens (primary N) is 1. The molecule has 0 bridgehead atoms. The van der Waals surface area contributed by atoms with E-state index in [1.165, 1.54) is 0 Å². The first-order chi connectivity index (χ1) is 10.5. The van der Waals surface area contributed by atoms with Crippen LogP contribution in [-0.4, -0.2) is 13.0 Å². The summed E-state index contributed by atoms with van der Waals surface area (Å²) >= 11 is 0. The van der Waals surface area contributed by atoms with Crippen LogP contribution in [0.25, 0.3) is 0 Å². The number of carbonyl (C=O) groups excluding carboxylic acids is 1. The van der Waals surface area contributed by atoms with Crippen LogP contribution in [0.3, 0.4) is 0 Å². The largest absolute Gasteiger partial charge is 0.496 e. The van der Waals surface area contributed by atoms with E-state index in [9.17, 15) is 4.79 Å². The quantitative estimate of drug-likeness (QED) is 0.882. The van der Waals surface area contributed by atoms with Gasteiger partial charge in [0.05, 0.1) is 13.2 Å². The van der Waals surface area contributed by atoms with Crippen LogP contribution >= 0.6 is 12.4 Å². The minimum Gasteiger partial charge on any atom is -0.496 e. The number of nitrogens with one attached hydrogen (secondary N) is 1. The van der Waals surface area contributed by atoms with Crippen molar-refractivity contribution in [2.75, 3.05) is 7.11 Å². The van der Waals surface area contributed by atoms with Crippen LogP contribution in [0.5, 0.6) is 5.75 Å². The SMILES string of the molecule is COc1ccccc1C(C)NC(=O)C(C)(N)c1ccccc1.Cl. The van der Waals surface area contributed by atoms with Crippen molar-refractivity contribution < 1.29 is 9.53 Å². The molecule has 2 unspecified atom stereocenters. The topological polar surface area (TPSA) is 64.3 Å². The zero-order valence-electron chi connectivity index (χ0n) is 13.6. The Morgan fingerprint density at radius 1 is 1.13 bits per heavy atom. The van der Waals surface area contributed by atoms with E-state index >= 15 is 0 Å². The van der Waals surface area contributed by atoms with Crippen LogP contribution in [0.4, 0.5) is 0 Å². The van der Waals surface area contributed by atoms with Gasteiger partial charge in [0.1, 0.15) is 11.3 Å². The molecule has 0 fully saturated rings. The number of halogens is 1. The Labute approximate surface area is 143 Å². The number of rotatable bonds is 5. The highest BCUT2D eigenvalue weighted by atomic mass is 35.5. The van der Waals surface area contributed by atoms with E-state index in [0.717, 1.165) is 16.9 Å². The third kappa shape index (κ3) is 4.24. The molecular weight excluding hydrogens is 312 g/mol. The molecule has 0 aliphatic heterocycles. The molecule has 0 saturated carbocycles. The maximum absolute atomic E-state index is 12.6. The van der Waals surface area contributed by atoms with Gasteiger partial charge in [0, 0.05) is 5.56 Å². The summed E-state index contributed by atoms with van der Waals surface area (Å²) in [6.07, 6.45) is 0. The van der Waals surface area contributed by atoms with Gasteiger partial charge in [-0.15, -0.1) is 12.4 Å². The molecule has 2 rings (SSSR count). The number of hydrogen-bond acceptors (Lipinski definition) is 3. The monoisotopic (exact) mass is 334 g/mol. The summed E-state index contributed by atoms with van der Waals surface area (Å²) in [6.45, 7) is 3.63. The number of methoxy groups -OCH3 is 1. The molecule has 5 heteroatoms. The van der Waals surface area contributed by atoms with E-state index in [-0.39, 0.29) is 24.4 Å². The first kappa shape index (κ1) is 19.0. The molecule has 0 saturated heterocycles. The molecule has 2 atom stereocenters. The van der Waals surface area contributed by atoms with Gasteiger partial charge in [-0.1, -0.05) is 48.5 Å². The van der Waals surface area contributed by atoms with Crippen molar-refractivity contribution in [2.24, 2.45) is 5.73 Å². The van der Waals surface area contributed by atoms with Gasteiger partial charge in [0.2, 0.25) is 5.91 Å². The van der Waals surface area contributed by atoms with Crippen molar-refractivity contribution in [3.63, 3.8) is 0 Å². The Bertz CT molecular complexity index is 644. The average molecular weight is 335 g/mol. The van der Waals surface area contributed by atoms with Crippen molar-refractivity contribution in [3.8, 4) is 5.75 Å². The van der Waals surface area contributed by atoms with Crippen LogP contribution in [0.1, 0.15) is 31.0 Å². The Balaban J connectivity index is 0.00000264. The molecule has 0 spiro atoms. The number of carbonyl (C=O) groups is 1. The lowest BCUT2D eigenvalue weighted by Gasteiger charge is -2.27. The lowest BCUT2D eigenvalue weighted by Crippen LogP contribution is -2.49. The van der Waals surface area contributed by atoms with Gasteiger partial charge < -0.3 is 15.8 Å². The summed E-state index contributed by atoms with van der Waals surface area (Å²) < 4.78 is 5.34. The zero-order chi connectivity index (χ0) is 16.2. The summed E-state index contributed by atoms with van der Waals surface area (Å²) in [5.41, 5.74) is 6.85. The normalized spacial score (nSPS) is 14.1. The fraction of sp³-hybridized carbons (Fsp3) is 0.278. The smallest absolute Gasteiger partial charge is 0.244 e. The molecule has 0 radical (unpaired) electrons. The summed E-state index contributed by atoms with van der Waals surface area (Å²) in [5.74, 6) is 0.519. The summed E-state index contributed by atoms with van der Waals surface area (Å²) in [6, 6.07) is 16.8. The lowest BCUT2D eigenvalue weighted by atomic mass is 9.91. The number of hydrogen-bond donors (Lipinski definition) is 2. The Hall–Kier alpha value is -2.04. The van der Waals surface area contributed by atoms with Crippen molar-refractivity contribution in [1.29, 1.82) is 0 Å². The molecule has 2 aromatic rings. The van der Waals surface area contributed by atoms with Gasteiger partial charge in [-0.3, -0.25) is 4.79 Å². The predicted octanol–water partition coefficient (Wildman–Crippen LogP) is 3.17. The molecule has 2 aromatic carbocycles. The van der Waals surface area contributed by atoms with Crippen LogP contribution in [-0.2, 0) is 10.3 Å².